The largest absolute Gasteiger partial charge is 0.378 e. The molecule has 1 aliphatic rings. The number of hydrogen-bond donors (Lipinski definition) is 1. The summed E-state index contributed by atoms with van der Waals surface area (Å²) in [5, 5.41) is 14.1. The molecule has 7 heteroatoms. The summed E-state index contributed by atoms with van der Waals surface area (Å²) in [5.74, 6) is 0.634. The van der Waals surface area contributed by atoms with Crippen LogP contribution < -0.4 is 10.2 Å². The third kappa shape index (κ3) is 3.62. The standard InChI is InChI=1S/C17H20N4O3/c1-13-10-17(19-12-16(13)21(22)23)18-11-14-4-2-3-5-15(14)20-6-8-24-9-7-20/h2-5,10,12H,6-9,11H2,1H3,(H,18,19). The molecule has 0 bridgehead atoms. The molecule has 2 heterocycles. The maximum Gasteiger partial charge on any atom is 0.290 e. The van der Waals surface area contributed by atoms with E-state index in [9.17, 15) is 10.1 Å². The fourth-order valence-electron chi connectivity index (χ4n) is 2.80. The molecular formula is C17H20N4O3. The van der Waals surface area contributed by atoms with Crippen LogP contribution in [0.1, 0.15) is 11.1 Å². The minimum Gasteiger partial charge on any atom is -0.378 e. The van der Waals surface area contributed by atoms with E-state index in [0.29, 0.717) is 17.9 Å². The van der Waals surface area contributed by atoms with Gasteiger partial charge in [-0.2, -0.15) is 0 Å². The van der Waals surface area contributed by atoms with E-state index in [-0.39, 0.29) is 5.69 Å². The molecule has 1 fully saturated rings. The van der Waals surface area contributed by atoms with E-state index in [4.69, 9.17) is 4.74 Å². The summed E-state index contributed by atoms with van der Waals surface area (Å²) in [6, 6.07) is 9.93. The van der Waals surface area contributed by atoms with Crippen LogP contribution in [0.2, 0.25) is 0 Å². The van der Waals surface area contributed by atoms with Crippen molar-refractivity contribution in [3.8, 4) is 0 Å². The van der Waals surface area contributed by atoms with Crippen molar-refractivity contribution < 1.29 is 9.66 Å². The van der Waals surface area contributed by atoms with Crippen molar-refractivity contribution in [1.29, 1.82) is 0 Å². The minimum absolute atomic E-state index is 0.0364. The minimum atomic E-state index is -0.417. The molecule has 3 rings (SSSR count). The molecule has 7 nitrogen and oxygen atoms in total. The summed E-state index contributed by atoms with van der Waals surface area (Å²) in [6.45, 7) is 5.57. The van der Waals surface area contributed by atoms with Gasteiger partial charge in [0, 0.05) is 30.9 Å². The van der Waals surface area contributed by atoms with Crippen molar-refractivity contribution in [3.05, 3.63) is 57.8 Å². The summed E-state index contributed by atoms with van der Waals surface area (Å²) < 4.78 is 5.41. The Morgan fingerprint density at radius 1 is 1.33 bits per heavy atom. The van der Waals surface area contributed by atoms with Gasteiger partial charge in [-0.3, -0.25) is 10.1 Å². The quantitative estimate of drug-likeness (QED) is 0.671. The third-order valence-electron chi connectivity index (χ3n) is 4.08. The van der Waals surface area contributed by atoms with Crippen LogP contribution in [0.25, 0.3) is 0 Å². The smallest absolute Gasteiger partial charge is 0.290 e. The SMILES string of the molecule is Cc1cc(NCc2ccccc2N2CCOCC2)ncc1[N+](=O)[O-]. The number of hydrogen-bond acceptors (Lipinski definition) is 6. The summed E-state index contributed by atoms with van der Waals surface area (Å²) >= 11 is 0. The number of aryl methyl sites for hydroxylation is 1. The molecule has 0 aliphatic carbocycles. The van der Waals surface area contributed by atoms with Crippen LogP contribution in [0.5, 0.6) is 0 Å². The van der Waals surface area contributed by atoms with E-state index < -0.39 is 4.92 Å². The van der Waals surface area contributed by atoms with Gasteiger partial charge in [0.1, 0.15) is 12.0 Å². The van der Waals surface area contributed by atoms with Crippen molar-refractivity contribution in [2.75, 3.05) is 36.5 Å². The summed E-state index contributed by atoms with van der Waals surface area (Å²) in [6.07, 6.45) is 1.30. The second-order valence-electron chi connectivity index (χ2n) is 5.69. The van der Waals surface area contributed by atoms with Crippen LogP contribution in [0.15, 0.2) is 36.5 Å². The highest BCUT2D eigenvalue weighted by atomic mass is 16.6. The lowest BCUT2D eigenvalue weighted by atomic mass is 10.1. The van der Waals surface area contributed by atoms with Crippen LogP contribution in [0, 0.1) is 17.0 Å². The zero-order chi connectivity index (χ0) is 16.9. The van der Waals surface area contributed by atoms with E-state index in [1.165, 1.54) is 11.9 Å². The van der Waals surface area contributed by atoms with Gasteiger partial charge in [-0.15, -0.1) is 0 Å². The number of anilines is 2. The zero-order valence-corrected chi connectivity index (χ0v) is 13.6. The number of rotatable bonds is 5. The first-order chi connectivity index (χ1) is 11.6. The van der Waals surface area contributed by atoms with Crippen molar-refractivity contribution in [2.24, 2.45) is 0 Å². The molecule has 0 spiro atoms. The van der Waals surface area contributed by atoms with Crippen molar-refractivity contribution in [1.82, 2.24) is 4.98 Å². The highest BCUT2D eigenvalue weighted by Crippen LogP contribution is 2.23. The third-order valence-corrected chi connectivity index (χ3v) is 4.08. The normalized spacial score (nSPS) is 14.5. The number of nitrogens with one attached hydrogen (secondary N) is 1. The molecule has 0 saturated carbocycles. The molecule has 1 aromatic heterocycles. The van der Waals surface area contributed by atoms with Gasteiger partial charge < -0.3 is 15.0 Å². The van der Waals surface area contributed by atoms with Gasteiger partial charge in [-0.05, 0) is 24.6 Å². The lowest BCUT2D eigenvalue weighted by Crippen LogP contribution is -2.36. The van der Waals surface area contributed by atoms with Crippen LogP contribution in [0.4, 0.5) is 17.2 Å². The predicted molar refractivity (Wildman–Crippen MR) is 92.4 cm³/mol. The maximum atomic E-state index is 10.9. The topological polar surface area (TPSA) is 80.5 Å². The Bertz CT molecular complexity index is 730. The van der Waals surface area contributed by atoms with Gasteiger partial charge in [0.05, 0.1) is 18.1 Å². The van der Waals surface area contributed by atoms with Crippen LogP contribution in [-0.4, -0.2) is 36.2 Å². The first-order valence-corrected chi connectivity index (χ1v) is 7.90. The number of benzene rings is 1. The number of pyridine rings is 1. The van der Waals surface area contributed by atoms with Gasteiger partial charge in [0.15, 0.2) is 0 Å². The molecule has 0 amide bonds. The number of para-hydroxylation sites is 1. The van der Waals surface area contributed by atoms with Gasteiger partial charge in [-0.1, -0.05) is 18.2 Å². The molecule has 0 unspecified atom stereocenters. The summed E-state index contributed by atoms with van der Waals surface area (Å²) in [4.78, 5) is 16.9. The molecular weight excluding hydrogens is 308 g/mol. The predicted octanol–water partition coefficient (Wildman–Crippen LogP) is 2.75. The highest BCUT2D eigenvalue weighted by Gasteiger charge is 2.15. The van der Waals surface area contributed by atoms with Crippen LogP contribution in [-0.2, 0) is 11.3 Å². The summed E-state index contributed by atoms with van der Waals surface area (Å²) in [5.41, 5.74) is 2.98. The Morgan fingerprint density at radius 2 is 2.08 bits per heavy atom. The second kappa shape index (κ2) is 7.27. The Balaban J connectivity index is 1.73. The molecule has 0 atom stereocenters. The average molecular weight is 328 g/mol. The average Bonchev–Trinajstić information content (AvgIpc) is 2.61. The van der Waals surface area contributed by atoms with E-state index in [2.05, 4.69) is 27.3 Å². The number of aromatic nitrogens is 1. The number of ether oxygens (including phenoxy) is 1. The van der Waals surface area contributed by atoms with E-state index in [1.54, 1.807) is 13.0 Å². The maximum absolute atomic E-state index is 10.9. The molecule has 24 heavy (non-hydrogen) atoms. The Labute approximate surface area is 140 Å². The molecule has 0 radical (unpaired) electrons. The molecule has 1 aliphatic heterocycles. The van der Waals surface area contributed by atoms with E-state index in [1.807, 2.05) is 12.1 Å². The summed E-state index contributed by atoms with van der Waals surface area (Å²) in [7, 11) is 0. The Hall–Kier alpha value is -2.67. The van der Waals surface area contributed by atoms with Gasteiger partial charge >= 0.3 is 0 Å². The van der Waals surface area contributed by atoms with E-state index in [0.717, 1.165) is 31.9 Å². The van der Waals surface area contributed by atoms with Crippen molar-refractivity contribution in [2.45, 2.75) is 13.5 Å². The molecule has 1 N–H and O–H groups in total. The highest BCUT2D eigenvalue weighted by molar-refractivity contribution is 5.55. The lowest BCUT2D eigenvalue weighted by molar-refractivity contribution is -0.385. The number of nitro groups is 1. The number of nitrogens with zero attached hydrogens (tertiary/aromatic N) is 3. The van der Waals surface area contributed by atoms with Crippen LogP contribution in [0.3, 0.4) is 0 Å². The molecule has 126 valence electrons. The van der Waals surface area contributed by atoms with Crippen LogP contribution >= 0.6 is 0 Å². The fourth-order valence-corrected chi connectivity index (χ4v) is 2.80. The second-order valence-corrected chi connectivity index (χ2v) is 5.69. The van der Waals surface area contributed by atoms with Crippen molar-refractivity contribution in [3.63, 3.8) is 0 Å². The monoisotopic (exact) mass is 328 g/mol. The molecule has 1 aromatic carbocycles. The Morgan fingerprint density at radius 3 is 2.79 bits per heavy atom. The van der Waals surface area contributed by atoms with Gasteiger partial charge in [0.2, 0.25) is 0 Å². The first-order valence-electron chi connectivity index (χ1n) is 7.90. The Kier molecular flexibility index (Phi) is 4.90. The van der Waals surface area contributed by atoms with Gasteiger partial charge in [0.25, 0.3) is 5.69 Å². The van der Waals surface area contributed by atoms with Gasteiger partial charge in [-0.25, -0.2) is 4.98 Å². The van der Waals surface area contributed by atoms with Crippen molar-refractivity contribution >= 4 is 17.2 Å². The first kappa shape index (κ1) is 16.2. The fraction of sp³-hybridized carbons (Fsp3) is 0.353. The van der Waals surface area contributed by atoms with E-state index >= 15 is 0 Å². The zero-order valence-electron chi connectivity index (χ0n) is 13.6. The lowest BCUT2D eigenvalue weighted by Gasteiger charge is -2.30. The molecule has 1 saturated heterocycles. The number of morpholine rings is 1. The molecule has 2 aromatic rings.